The van der Waals surface area contributed by atoms with Crippen LogP contribution in [0.2, 0.25) is 0 Å². The van der Waals surface area contributed by atoms with Crippen molar-refractivity contribution in [2.75, 3.05) is 12.4 Å². The van der Waals surface area contributed by atoms with Gasteiger partial charge in [-0.05, 0) is 18.6 Å². The van der Waals surface area contributed by atoms with Gasteiger partial charge < -0.3 is 0 Å². The molecule has 0 bridgehead atoms. The molecule has 1 rings (SSSR count). The van der Waals surface area contributed by atoms with Crippen molar-refractivity contribution in [1.29, 1.82) is 0 Å². The standard InChI is InChI=1S/C14H20ClNO3S/c1-2-3-4-5-10-16-20(18,19)13-8-6-12(7-9-13)14(17)11-15/h6-9,16H,2-5,10-11H2,1H3. The smallest absolute Gasteiger partial charge is 0.240 e. The highest BCUT2D eigenvalue weighted by Crippen LogP contribution is 2.11. The van der Waals surface area contributed by atoms with E-state index in [4.69, 9.17) is 11.6 Å². The minimum absolute atomic E-state index is 0.109. The minimum Gasteiger partial charge on any atom is -0.293 e. The van der Waals surface area contributed by atoms with E-state index >= 15 is 0 Å². The monoisotopic (exact) mass is 317 g/mol. The second kappa shape index (κ2) is 8.39. The van der Waals surface area contributed by atoms with Crippen LogP contribution in [-0.2, 0) is 10.0 Å². The van der Waals surface area contributed by atoms with Gasteiger partial charge in [0.25, 0.3) is 0 Å². The van der Waals surface area contributed by atoms with E-state index in [0.29, 0.717) is 12.1 Å². The van der Waals surface area contributed by atoms with Crippen molar-refractivity contribution >= 4 is 27.4 Å². The quantitative estimate of drug-likeness (QED) is 0.432. The number of nitrogens with one attached hydrogen (secondary N) is 1. The van der Waals surface area contributed by atoms with E-state index in [1.807, 2.05) is 0 Å². The van der Waals surface area contributed by atoms with Gasteiger partial charge in [-0.2, -0.15) is 0 Å². The van der Waals surface area contributed by atoms with Crippen LogP contribution in [0, 0.1) is 0 Å². The first-order chi connectivity index (χ1) is 9.51. The molecule has 1 N–H and O–H groups in total. The van der Waals surface area contributed by atoms with Gasteiger partial charge in [0.2, 0.25) is 10.0 Å². The fraction of sp³-hybridized carbons (Fsp3) is 0.500. The number of halogens is 1. The van der Waals surface area contributed by atoms with Gasteiger partial charge in [-0.25, -0.2) is 13.1 Å². The first-order valence-electron chi connectivity index (χ1n) is 6.70. The van der Waals surface area contributed by atoms with Crippen molar-refractivity contribution in [3.05, 3.63) is 29.8 Å². The summed E-state index contributed by atoms with van der Waals surface area (Å²) in [7, 11) is -3.49. The van der Waals surface area contributed by atoms with Crippen LogP contribution in [0.15, 0.2) is 29.2 Å². The molecule has 0 amide bonds. The molecular weight excluding hydrogens is 298 g/mol. The number of hydrogen-bond acceptors (Lipinski definition) is 3. The molecular formula is C14H20ClNO3S. The minimum atomic E-state index is -3.49. The van der Waals surface area contributed by atoms with Crippen LogP contribution in [-0.4, -0.2) is 26.6 Å². The molecule has 0 spiro atoms. The Balaban J connectivity index is 2.61. The van der Waals surface area contributed by atoms with E-state index in [0.717, 1.165) is 25.7 Å². The van der Waals surface area contributed by atoms with Crippen LogP contribution in [0.25, 0.3) is 0 Å². The zero-order chi connectivity index (χ0) is 15.0. The molecule has 0 unspecified atom stereocenters. The van der Waals surface area contributed by atoms with Crippen molar-refractivity contribution in [3.8, 4) is 0 Å². The van der Waals surface area contributed by atoms with E-state index in [-0.39, 0.29) is 16.6 Å². The highest BCUT2D eigenvalue weighted by Gasteiger charge is 2.13. The predicted molar refractivity (Wildman–Crippen MR) is 80.8 cm³/mol. The second-order valence-corrected chi connectivity index (χ2v) is 6.57. The van der Waals surface area contributed by atoms with Gasteiger partial charge >= 0.3 is 0 Å². The average molecular weight is 318 g/mol. The zero-order valence-corrected chi connectivity index (χ0v) is 13.1. The van der Waals surface area contributed by atoms with E-state index in [2.05, 4.69) is 11.6 Å². The number of Topliss-reactive ketones (excluding diaryl/α,β-unsaturated/α-hetero) is 1. The molecule has 0 aliphatic carbocycles. The Labute approximate surface area is 125 Å². The summed E-state index contributed by atoms with van der Waals surface area (Å²) in [6.07, 6.45) is 4.07. The Kier molecular flexibility index (Phi) is 7.19. The Morgan fingerprint density at radius 1 is 1.15 bits per heavy atom. The number of carbonyl (C=O) groups excluding carboxylic acids is 1. The lowest BCUT2D eigenvalue weighted by Gasteiger charge is -2.07. The van der Waals surface area contributed by atoms with Gasteiger partial charge in [-0.1, -0.05) is 38.3 Å². The summed E-state index contributed by atoms with van der Waals surface area (Å²) in [6, 6.07) is 5.81. The van der Waals surface area contributed by atoms with Gasteiger partial charge in [0, 0.05) is 12.1 Å². The third kappa shape index (κ3) is 5.23. The number of hydrogen-bond donors (Lipinski definition) is 1. The fourth-order valence-electron chi connectivity index (χ4n) is 1.74. The number of benzene rings is 1. The molecule has 6 heteroatoms. The largest absolute Gasteiger partial charge is 0.293 e. The van der Waals surface area contributed by atoms with Crippen molar-refractivity contribution in [1.82, 2.24) is 4.72 Å². The summed E-state index contributed by atoms with van der Waals surface area (Å²) in [5.74, 6) is -0.329. The van der Waals surface area contributed by atoms with Crippen molar-refractivity contribution < 1.29 is 13.2 Å². The number of carbonyl (C=O) groups is 1. The summed E-state index contributed by atoms with van der Waals surface area (Å²) < 4.78 is 26.5. The molecule has 0 aromatic heterocycles. The van der Waals surface area contributed by atoms with Crippen LogP contribution in [0.1, 0.15) is 43.0 Å². The van der Waals surface area contributed by atoms with Crippen LogP contribution >= 0.6 is 11.6 Å². The van der Waals surface area contributed by atoms with Gasteiger partial charge in [-0.15, -0.1) is 11.6 Å². The number of rotatable bonds is 9. The molecule has 0 saturated heterocycles. The molecule has 0 fully saturated rings. The van der Waals surface area contributed by atoms with Gasteiger partial charge in [0.05, 0.1) is 10.8 Å². The van der Waals surface area contributed by atoms with Gasteiger partial charge in [0.15, 0.2) is 5.78 Å². The molecule has 0 atom stereocenters. The maximum Gasteiger partial charge on any atom is 0.240 e. The predicted octanol–water partition coefficient (Wildman–Crippen LogP) is 2.97. The maximum atomic E-state index is 12.0. The molecule has 0 aliphatic heterocycles. The van der Waals surface area contributed by atoms with Crippen molar-refractivity contribution in [2.45, 2.75) is 37.5 Å². The van der Waals surface area contributed by atoms with E-state index < -0.39 is 10.0 Å². The molecule has 4 nitrogen and oxygen atoms in total. The zero-order valence-electron chi connectivity index (χ0n) is 11.6. The van der Waals surface area contributed by atoms with E-state index in [1.54, 1.807) is 0 Å². The van der Waals surface area contributed by atoms with Crippen molar-refractivity contribution in [2.24, 2.45) is 0 Å². The first-order valence-corrected chi connectivity index (χ1v) is 8.72. The van der Waals surface area contributed by atoms with Crippen LogP contribution in [0.5, 0.6) is 0 Å². The highest BCUT2D eigenvalue weighted by atomic mass is 35.5. The lowest BCUT2D eigenvalue weighted by molar-refractivity contribution is 0.102. The Hall–Kier alpha value is -0.910. The average Bonchev–Trinajstić information content (AvgIpc) is 2.46. The SMILES string of the molecule is CCCCCCNS(=O)(=O)c1ccc(C(=O)CCl)cc1. The molecule has 0 aliphatic rings. The maximum absolute atomic E-state index is 12.0. The second-order valence-electron chi connectivity index (χ2n) is 4.54. The van der Waals surface area contributed by atoms with Crippen LogP contribution in [0.3, 0.4) is 0 Å². The first kappa shape index (κ1) is 17.1. The molecule has 1 aromatic rings. The third-order valence-electron chi connectivity index (χ3n) is 2.93. The summed E-state index contributed by atoms with van der Waals surface area (Å²) in [5, 5.41) is 0. The number of ketones is 1. The van der Waals surface area contributed by atoms with Gasteiger partial charge in [0.1, 0.15) is 0 Å². The highest BCUT2D eigenvalue weighted by molar-refractivity contribution is 7.89. The van der Waals surface area contributed by atoms with Crippen LogP contribution in [0.4, 0.5) is 0 Å². The van der Waals surface area contributed by atoms with Gasteiger partial charge in [-0.3, -0.25) is 4.79 Å². The Morgan fingerprint density at radius 3 is 2.35 bits per heavy atom. The molecule has 112 valence electrons. The molecule has 0 heterocycles. The number of unbranched alkanes of at least 4 members (excludes halogenated alkanes) is 3. The summed E-state index contributed by atoms with van der Waals surface area (Å²) >= 11 is 5.45. The Bertz CT molecular complexity index is 526. The topological polar surface area (TPSA) is 63.2 Å². The fourth-order valence-corrected chi connectivity index (χ4v) is 2.97. The summed E-state index contributed by atoms with van der Waals surface area (Å²) in [6.45, 7) is 2.54. The van der Waals surface area contributed by atoms with E-state index in [1.165, 1.54) is 24.3 Å². The summed E-state index contributed by atoms with van der Waals surface area (Å²) in [4.78, 5) is 11.5. The number of sulfonamides is 1. The summed E-state index contributed by atoms with van der Waals surface area (Å²) in [5.41, 5.74) is 0.418. The normalized spacial score (nSPS) is 11.5. The van der Waals surface area contributed by atoms with Crippen LogP contribution < -0.4 is 4.72 Å². The van der Waals surface area contributed by atoms with E-state index in [9.17, 15) is 13.2 Å². The Morgan fingerprint density at radius 2 is 1.80 bits per heavy atom. The third-order valence-corrected chi connectivity index (χ3v) is 4.65. The lowest BCUT2D eigenvalue weighted by atomic mass is 10.1. The lowest BCUT2D eigenvalue weighted by Crippen LogP contribution is -2.24. The number of alkyl halides is 1. The van der Waals surface area contributed by atoms with Crippen molar-refractivity contribution in [3.63, 3.8) is 0 Å². The molecule has 0 saturated carbocycles. The molecule has 0 radical (unpaired) electrons. The molecule has 20 heavy (non-hydrogen) atoms. The molecule has 1 aromatic carbocycles.